The molecule has 1 rings (SSSR count). The quantitative estimate of drug-likeness (QED) is 0.244. The van der Waals surface area contributed by atoms with Crippen molar-refractivity contribution in [1.82, 2.24) is 5.32 Å². The number of hydrogen-bond donors (Lipinski definition) is 2. The van der Waals surface area contributed by atoms with Gasteiger partial charge in [0.1, 0.15) is 0 Å². The van der Waals surface area contributed by atoms with Crippen LogP contribution < -0.4 is 5.32 Å². The van der Waals surface area contributed by atoms with Crippen LogP contribution in [0.2, 0.25) is 0 Å². The Bertz CT molecular complexity index is 487. The SMILES string of the molecule is CCCCCC(/C=C/C1C(OP)CC(O)C1C/C=C/CCCC(=O)NC)OP. The van der Waals surface area contributed by atoms with Gasteiger partial charge in [-0.25, -0.2) is 0 Å². The number of carbonyl (C=O) groups is 1. The third-order valence-corrected chi connectivity index (χ3v) is 6.21. The second-order valence-electron chi connectivity index (χ2n) is 7.55. The Morgan fingerprint density at radius 2 is 2.07 bits per heavy atom. The third kappa shape index (κ3) is 9.46. The Kier molecular flexibility index (Phi) is 14.3. The van der Waals surface area contributed by atoms with Crippen LogP contribution in [-0.2, 0) is 13.8 Å². The number of amides is 1. The molecule has 0 spiro atoms. The lowest BCUT2D eigenvalue weighted by Crippen LogP contribution is -2.21. The van der Waals surface area contributed by atoms with Crippen molar-refractivity contribution in [3.63, 3.8) is 0 Å². The molecule has 162 valence electrons. The maximum absolute atomic E-state index is 11.2. The van der Waals surface area contributed by atoms with E-state index in [1.807, 2.05) is 0 Å². The number of hydrogen-bond acceptors (Lipinski definition) is 4. The van der Waals surface area contributed by atoms with Gasteiger partial charge >= 0.3 is 0 Å². The van der Waals surface area contributed by atoms with E-state index in [1.165, 1.54) is 12.8 Å². The number of nitrogens with one attached hydrogen (secondary N) is 1. The summed E-state index contributed by atoms with van der Waals surface area (Å²) in [5.41, 5.74) is 0. The lowest BCUT2D eigenvalue weighted by molar-refractivity contribution is -0.120. The highest BCUT2D eigenvalue weighted by Gasteiger charge is 2.40. The Balaban J connectivity index is 2.58. The van der Waals surface area contributed by atoms with Crippen LogP contribution in [0.5, 0.6) is 0 Å². The predicted molar refractivity (Wildman–Crippen MR) is 122 cm³/mol. The minimum Gasteiger partial charge on any atom is -0.393 e. The highest BCUT2D eigenvalue weighted by atomic mass is 31.0. The van der Waals surface area contributed by atoms with Crippen LogP contribution in [0, 0.1) is 11.8 Å². The zero-order chi connectivity index (χ0) is 20.8. The largest absolute Gasteiger partial charge is 0.393 e. The van der Waals surface area contributed by atoms with Gasteiger partial charge in [-0.05, 0) is 31.6 Å². The molecule has 0 aliphatic heterocycles. The van der Waals surface area contributed by atoms with Crippen molar-refractivity contribution in [3.05, 3.63) is 24.3 Å². The smallest absolute Gasteiger partial charge is 0.219 e. The Labute approximate surface area is 175 Å². The fourth-order valence-corrected chi connectivity index (χ4v) is 4.28. The summed E-state index contributed by atoms with van der Waals surface area (Å²) in [5.74, 6) is 0.379. The summed E-state index contributed by atoms with van der Waals surface area (Å²) in [6.45, 7) is 2.20. The van der Waals surface area contributed by atoms with Gasteiger partial charge in [0.15, 0.2) is 0 Å². The molecule has 7 atom stereocenters. The van der Waals surface area contributed by atoms with E-state index in [4.69, 9.17) is 9.05 Å². The van der Waals surface area contributed by atoms with Gasteiger partial charge in [-0.15, -0.1) is 0 Å². The Morgan fingerprint density at radius 3 is 2.71 bits per heavy atom. The van der Waals surface area contributed by atoms with Gasteiger partial charge in [0.25, 0.3) is 0 Å². The van der Waals surface area contributed by atoms with Crippen LogP contribution in [0.1, 0.15) is 64.7 Å². The fraction of sp³-hybridized carbons (Fsp3) is 0.762. The minimum atomic E-state index is -0.369. The molecule has 0 saturated heterocycles. The van der Waals surface area contributed by atoms with E-state index in [-0.39, 0.29) is 36.1 Å². The van der Waals surface area contributed by atoms with Crippen molar-refractivity contribution in [3.8, 4) is 0 Å². The van der Waals surface area contributed by atoms with Crippen LogP contribution in [-0.4, -0.2) is 36.4 Å². The number of aliphatic hydroxyl groups excluding tert-OH is 1. The number of carbonyl (C=O) groups excluding carboxylic acids is 1. The van der Waals surface area contributed by atoms with Crippen LogP contribution in [0.15, 0.2) is 24.3 Å². The van der Waals surface area contributed by atoms with Crippen molar-refractivity contribution in [2.24, 2.45) is 11.8 Å². The van der Waals surface area contributed by atoms with Crippen LogP contribution in [0.25, 0.3) is 0 Å². The molecular weight excluding hydrogens is 392 g/mol. The van der Waals surface area contributed by atoms with Gasteiger partial charge in [0, 0.05) is 44.7 Å². The summed E-state index contributed by atoms with van der Waals surface area (Å²) in [5, 5.41) is 13.2. The first-order chi connectivity index (χ1) is 13.6. The molecule has 0 aromatic carbocycles. The van der Waals surface area contributed by atoms with Crippen LogP contribution in [0.3, 0.4) is 0 Å². The lowest BCUT2D eigenvalue weighted by Gasteiger charge is -2.21. The molecule has 1 aliphatic carbocycles. The van der Waals surface area contributed by atoms with Gasteiger partial charge in [-0.3, -0.25) is 4.79 Å². The Hall–Kier alpha value is -0.310. The van der Waals surface area contributed by atoms with E-state index < -0.39 is 0 Å². The molecule has 1 aliphatic rings. The summed E-state index contributed by atoms with van der Waals surface area (Å²) in [4.78, 5) is 11.2. The molecule has 7 heteroatoms. The van der Waals surface area contributed by atoms with E-state index in [0.717, 1.165) is 32.1 Å². The highest BCUT2D eigenvalue weighted by Crippen LogP contribution is 2.39. The normalized spacial score (nSPS) is 26.3. The average Bonchev–Trinajstić information content (AvgIpc) is 3.01. The van der Waals surface area contributed by atoms with E-state index in [0.29, 0.717) is 12.8 Å². The van der Waals surface area contributed by atoms with Gasteiger partial charge in [-0.1, -0.05) is 50.5 Å². The predicted octanol–water partition coefficient (Wildman–Crippen LogP) is 4.33. The second kappa shape index (κ2) is 15.5. The topological polar surface area (TPSA) is 67.8 Å². The second-order valence-corrected chi connectivity index (χ2v) is 8.09. The molecule has 2 N–H and O–H groups in total. The number of unbranched alkanes of at least 4 members (excludes halogenated alkanes) is 3. The summed E-state index contributed by atoms with van der Waals surface area (Å²) >= 11 is 0. The number of rotatable bonds is 14. The minimum absolute atomic E-state index is 0.00343. The van der Waals surface area contributed by atoms with Crippen molar-refractivity contribution in [2.75, 3.05) is 7.05 Å². The van der Waals surface area contributed by atoms with Crippen molar-refractivity contribution < 1.29 is 18.9 Å². The molecule has 5 nitrogen and oxygen atoms in total. The van der Waals surface area contributed by atoms with Crippen molar-refractivity contribution >= 4 is 24.8 Å². The van der Waals surface area contributed by atoms with E-state index in [9.17, 15) is 9.90 Å². The number of aliphatic hydroxyl groups is 1. The Morgan fingerprint density at radius 1 is 1.29 bits per heavy atom. The standard InChI is InChI=1S/C21H39NO4P2/c1-3-4-7-10-16(25-27)13-14-18-17(19(23)15-20(18)26-28)11-8-5-6-9-12-21(24)22-2/h5,8,13-14,16-20,23H,3-4,6-7,9-12,15,27-28H2,1-2H3,(H,22,24)/b8-5+,14-13+. The summed E-state index contributed by atoms with van der Waals surface area (Å²) < 4.78 is 11.1. The van der Waals surface area contributed by atoms with Gasteiger partial charge in [0.05, 0.1) is 18.3 Å². The maximum Gasteiger partial charge on any atom is 0.219 e. The molecule has 1 saturated carbocycles. The first-order valence-electron chi connectivity index (χ1n) is 10.5. The van der Waals surface area contributed by atoms with E-state index in [2.05, 4.69) is 55.5 Å². The summed E-state index contributed by atoms with van der Waals surface area (Å²) in [6.07, 6.45) is 16.6. The lowest BCUT2D eigenvalue weighted by atomic mass is 9.89. The van der Waals surface area contributed by atoms with Crippen molar-refractivity contribution in [1.29, 1.82) is 0 Å². The number of allylic oxidation sites excluding steroid dienone is 2. The molecule has 1 fully saturated rings. The van der Waals surface area contributed by atoms with Gasteiger partial charge in [0.2, 0.25) is 5.91 Å². The molecule has 28 heavy (non-hydrogen) atoms. The van der Waals surface area contributed by atoms with E-state index in [1.54, 1.807) is 7.05 Å². The molecule has 7 unspecified atom stereocenters. The fourth-order valence-electron chi connectivity index (χ4n) is 3.76. The summed E-state index contributed by atoms with van der Waals surface area (Å²) in [7, 11) is 6.38. The monoisotopic (exact) mass is 431 g/mol. The molecule has 1 amide bonds. The molecule has 0 aromatic rings. The van der Waals surface area contributed by atoms with Crippen molar-refractivity contribution in [2.45, 2.75) is 83.0 Å². The first kappa shape index (κ1) is 25.7. The van der Waals surface area contributed by atoms with Crippen LogP contribution >= 0.6 is 18.9 Å². The average molecular weight is 431 g/mol. The molecule has 0 aromatic heterocycles. The molecule has 0 radical (unpaired) electrons. The molecule has 0 bridgehead atoms. The van der Waals surface area contributed by atoms with E-state index >= 15 is 0 Å². The third-order valence-electron chi connectivity index (χ3n) is 5.51. The highest BCUT2D eigenvalue weighted by molar-refractivity contribution is 7.10. The van der Waals surface area contributed by atoms with Crippen LogP contribution in [0.4, 0.5) is 0 Å². The van der Waals surface area contributed by atoms with Gasteiger partial charge in [-0.2, -0.15) is 0 Å². The molecule has 0 heterocycles. The zero-order valence-electron chi connectivity index (χ0n) is 17.4. The van der Waals surface area contributed by atoms with Gasteiger partial charge < -0.3 is 19.5 Å². The molecular formula is C21H39NO4P2. The summed E-state index contributed by atoms with van der Waals surface area (Å²) in [6, 6.07) is 0. The zero-order valence-corrected chi connectivity index (χ0v) is 19.7. The first-order valence-corrected chi connectivity index (χ1v) is 11.4. The maximum atomic E-state index is 11.2.